The number of nitrogens with one attached hydrogen (secondary N) is 3. The molecule has 0 spiro atoms. The van der Waals surface area contributed by atoms with E-state index in [0.29, 0.717) is 0 Å². The van der Waals surface area contributed by atoms with Gasteiger partial charge in [-0.25, -0.2) is 9.89 Å². The summed E-state index contributed by atoms with van der Waals surface area (Å²) in [4.78, 5) is 13.3. The van der Waals surface area contributed by atoms with Gasteiger partial charge in [-0.3, -0.25) is 4.98 Å². The van der Waals surface area contributed by atoms with Crippen LogP contribution in [0.2, 0.25) is 0 Å². The second kappa shape index (κ2) is 3.73. The third kappa shape index (κ3) is 1.67. The van der Waals surface area contributed by atoms with E-state index in [-0.39, 0.29) is 24.1 Å². The van der Waals surface area contributed by atoms with Gasteiger partial charge in [0.05, 0.1) is 6.04 Å². The fourth-order valence-electron chi connectivity index (χ4n) is 1.37. The van der Waals surface area contributed by atoms with Gasteiger partial charge >= 0.3 is 5.69 Å². The van der Waals surface area contributed by atoms with Crippen molar-refractivity contribution in [3.05, 3.63) is 16.3 Å². The fraction of sp³-hybridized carbons (Fsp3) is 0.667. The van der Waals surface area contributed by atoms with Crippen LogP contribution in [0.4, 0.5) is 0 Å². The Kier molecular flexibility index (Phi) is 2.88. The molecule has 1 atom stereocenters. The largest absolute Gasteiger partial charge is 0.340 e. The van der Waals surface area contributed by atoms with Crippen LogP contribution >= 0.6 is 12.4 Å². The number of hydrogen-bond donors (Lipinski definition) is 3. The van der Waals surface area contributed by atoms with Gasteiger partial charge < -0.3 is 5.32 Å². The van der Waals surface area contributed by atoms with Gasteiger partial charge in [-0.05, 0) is 19.4 Å². The number of aromatic nitrogens is 3. The molecule has 1 fully saturated rings. The Morgan fingerprint density at radius 3 is 2.83 bits per heavy atom. The molecule has 68 valence electrons. The van der Waals surface area contributed by atoms with E-state index in [1.165, 1.54) is 0 Å². The number of nitrogens with zero attached hydrogens (tertiary/aromatic N) is 1. The first-order chi connectivity index (χ1) is 5.36. The SMILES string of the molecule is Cl.O=c1[nH]nc(C2CCCN2)[nH]1. The van der Waals surface area contributed by atoms with Crippen LogP contribution in [0.3, 0.4) is 0 Å². The molecule has 6 heteroatoms. The van der Waals surface area contributed by atoms with Crippen LogP contribution < -0.4 is 11.0 Å². The van der Waals surface area contributed by atoms with Crippen molar-refractivity contribution in [1.82, 2.24) is 20.5 Å². The van der Waals surface area contributed by atoms with Crippen molar-refractivity contribution in [2.45, 2.75) is 18.9 Å². The Morgan fingerprint density at radius 1 is 1.50 bits per heavy atom. The minimum Gasteiger partial charge on any atom is -0.307 e. The van der Waals surface area contributed by atoms with Crippen LogP contribution in [-0.4, -0.2) is 21.7 Å². The smallest absolute Gasteiger partial charge is 0.307 e. The first-order valence-corrected chi connectivity index (χ1v) is 3.74. The van der Waals surface area contributed by atoms with E-state index in [2.05, 4.69) is 20.5 Å². The molecule has 2 heterocycles. The van der Waals surface area contributed by atoms with Crippen LogP contribution in [0.1, 0.15) is 24.7 Å². The molecule has 1 saturated heterocycles. The monoisotopic (exact) mass is 190 g/mol. The molecule has 1 aromatic rings. The summed E-state index contributed by atoms with van der Waals surface area (Å²) < 4.78 is 0. The van der Waals surface area contributed by atoms with Gasteiger partial charge in [-0.1, -0.05) is 0 Å². The summed E-state index contributed by atoms with van der Waals surface area (Å²) in [5.74, 6) is 0.729. The maximum atomic E-state index is 10.6. The average molecular weight is 191 g/mol. The topological polar surface area (TPSA) is 73.6 Å². The van der Waals surface area contributed by atoms with Gasteiger partial charge in [0.1, 0.15) is 5.82 Å². The van der Waals surface area contributed by atoms with Gasteiger partial charge in [0.15, 0.2) is 0 Å². The average Bonchev–Trinajstić information content (AvgIpc) is 2.55. The highest BCUT2D eigenvalue weighted by molar-refractivity contribution is 5.85. The molecule has 3 N–H and O–H groups in total. The maximum absolute atomic E-state index is 10.6. The van der Waals surface area contributed by atoms with Crippen molar-refractivity contribution >= 4 is 12.4 Å². The molecule has 5 nitrogen and oxygen atoms in total. The van der Waals surface area contributed by atoms with E-state index in [0.717, 1.165) is 25.2 Å². The fourth-order valence-corrected chi connectivity index (χ4v) is 1.37. The standard InChI is InChI=1S/C6H10N4O.ClH/c11-6-8-5(9-10-6)4-2-1-3-7-4;/h4,7H,1-3H2,(H2,8,9,10,11);1H. The molecule has 1 aliphatic rings. The molecule has 0 aromatic carbocycles. The Bertz CT molecular complexity index is 288. The Balaban J connectivity index is 0.000000720. The van der Waals surface area contributed by atoms with Crippen molar-refractivity contribution < 1.29 is 0 Å². The molecule has 0 radical (unpaired) electrons. The van der Waals surface area contributed by atoms with Crippen LogP contribution in [0.5, 0.6) is 0 Å². The minimum absolute atomic E-state index is 0. The number of hydrogen-bond acceptors (Lipinski definition) is 3. The molecule has 1 unspecified atom stereocenters. The number of H-pyrrole nitrogens is 2. The summed E-state index contributed by atoms with van der Waals surface area (Å²) in [7, 11) is 0. The van der Waals surface area contributed by atoms with Crippen molar-refractivity contribution in [1.29, 1.82) is 0 Å². The van der Waals surface area contributed by atoms with Gasteiger partial charge in [0, 0.05) is 0 Å². The van der Waals surface area contributed by atoms with Gasteiger partial charge in [-0.15, -0.1) is 12.4 Å². The summed E-state index contributed by atoms with van der Waals surface area (Å²) in [5, 5.41) is 9.42. The summed E-state index contributed by atoms with van der Waals surface area (Å²) in [6.07, 6.45) is 2.21. The Labute approximate surface area is 75.4 Å². The van der Waals surface area contributed by atoms with Gasteiger partial charge in [0.25, 0.3) is 0 Å². The quantitative estimate of drug-likeness (QED) is 0.581. The molecule has 0 saturated carbocycles. The first kappa shape index (κ1) is 9.28. The van der Waals surface area contributed by atoms with Crippen LogP contribution in [0, 0.1) is 0 Å². The second-order valence-electron chi connectivity index (χ2n) is 2.71. The van der Waals surface area contributed by atoms with E-state index < -0.39 is 0 Å². The molecule has 0 amide bonds. The van der Waals surface area contributed by atoms with Crippen LogP contribution in [0.25, 0.3) is 0 Å². The second-order valence-corrected chi connectivity index (χ2v) is 2.71. The van der Waals surface area contributed by atoms with Crippen molar-refractivity contribution in [3.8, 4) is 0 Å². The van der Waals surface area contributed by atoms with E-state index in [4.69, 9.17) is 0 Å². The predicted molar refractivity (Wildman–Crippen MR) is 46.4 cm³/mol. The van der Waals surface area contributed by atoms with E-state index in [1.807, 2.05) is 0 Å². The zero-order valence-electron chi connectivity index (χ0n) is 6.46. The summed E-state index contributed by atoms with van der Waals surface area (Å²) in [6.45, 7) is 1.01. The third-order valence-electron chi connectivity index (χ3n) is 1.91. The van der Waals surface area contributed by atoms with Gasteiger partial charge in [0.2, 0.25) is 0 Å². The number of aromatic amines is 2. The molecule has 0 aliphatic carbocycles. The van der Waals surface area contributed by atoms with Crippen molar-refractivity contribution in [2.75, 3.05) is 6.54 Å². The minimum atomic E-state index is -0.228. The summed E-state index contributed by atoms with van der Waals surface area (Å²) in [5.41, 5.74) is -0.228. The molecule has 2 rings (SSSR count). The van der Waals surface area contributed by atoms with Crippen molar-refractivity contribution in [2.24, 2.45) is 0 Å². The summed E-state index contributed by atoms with van der Waals surface area (Å²) in [6, 6.07) is 0.244. The van der Waals surface area contributed by atoms with E-state index >= 15 is 0 Å². The maximum Gasteiger partial charge on any atom is 0.340 e. The third-order valence-corrected chi connectivity index (χ3v) is 1.91. The first-order valence-electron chi connectivity index (χ1n) is 3.74. The zero-order chi connectivity index (χ0) is 7.68. The molecule has 1 aliphatic heterocycles. The highest BCUT2D eigenvalue weighted by Crippen LogP contribution is 2.17. The normalized spacial score (nSPS) is 22.2. The molecule has 0 bridgehead atoms. The highest BCUT2D eigenvalue weighted by Gasteiger charge is 2.18. The van der Waals surface area contributed by atoms with Crippen molar-refractivity contribution in [3.63, 3.8) is 0 Å². The number of halogens is 1. The molecule has 1 aromatic heterocycles. The lowest BCUT2D eigenvalue weighted by Gasteiger charge is -2.02. The Hall–Kier alpha value is -0.810. The van der Waals surface area contributed by atoms with Crippen LogP contribution in [-0.2, 0) is 0 Å². The van der Waals surface area contributed by atoms with E-state index in [9.17, 15) is 4.79 Å². The van der Waals surface area contributed by atoms with E-state index in [1.54, 1.807) is 0 Å². The molecule has 12 heavy (non-hydrogen) atoms. The summed E-state index contributed by atoms with van der Waals surface area (Å²) >= 11 is 0. The van der Waals surface area contributed by atoms with Crippen LogP contribution in [0.15, 0.2) is 4.79 Å². The lowest BCUT2D eigenvalue weighted by atomic mass is 10.2. The Morgan fingerprint density at radius 2 is 2.33 bits per heavy atom. The predicted octanol–water partition coefficient (Wildman–Crippen LogP) is -0.0557. The lowest BCUT2D eigenvalue weighted by Crippen LogP contribution is -2.15. The van der Waals surface area contributed by atoms with Gasteiger partial charge in [-0.2, -0.15) is 5.10 Å². The highest BCUT2D eigenvalue weighted by atomic mass is 35.5. The molecular weight excluding hydrogens is 180 g/mol. The molecular formula is C6H11ClN4O. The zero-order valence-corrected chi connectivity index (χ0v) is 7.28. The lowest BCUT2D eigenvalue weighted by molar-refractivity contribution is 0.607. The number of rotatable bonds is 1.